The highest BCUT2D eigenvalue weighted by Gasteiger charge is 2.47. The van der Waals surface area contributed by atoms with Gasteiger partial charge in [-0.15, -0.1) is 0 Å². The standard InChI is InChI=1S/C22H25N3O4/c1-14-5-9-17(10-6-14)29-18-11-7-16(8-12-18)13-23-19(26)15(2)25-20(27)22(3,4)24-21(25)28/h5-12,15H,13H2,1-4H3,(H,23,26)(H,24,28)/t15-/m1/s1. The summed E-state index contributed by atoms with van der Waals surface area (Å²) in [5.74, 6) is 0.634. The zero-order valence-electron chi connectivity index (χ0n) is 17.0. The summed E-state index contributed by atoms with van der Waals surface area (Å²) >= 11 is 0. The van der Waals surface area contributed by atoms with Crippen molar-refractivity contribution in [3.05, 3.63) is 59.7 Å². The van der Waals surface area contributed by atoms with Crippen molar-refractivity contribution in [1.82, 2.24) is 15.5 Å². The van der Waals surface area contributed by atoms with E-state index in [1.165, 1.54) is 6.92 Å². The largest absolute Gasteiger partial charge is 0.457 e. The molecular formula is C22H25N3O4. The van der Waals surface area contributed by atoms with Crippen LogP contribution >= 0.6 is 0 Å². The molecule has 29 heavy (non-hydrogen) atoms. The molecule has 1 heterocycles. The monoisotopic (exact) mass is 395 g/mol. The summed E-state index contributed by atoms with van der Waals surface area (Å²) < 4.78 is 5.79. The van der Waals surface area contributed by atoms with Crippen LogP contribution in [0.25, 0.3) is 0 Å². The van der Waals surface area contributed by atoms with E-state index < -0.39 is 29.4 Å². The van der Waals surface area contributed by atoms with Crippen LogP contribution < -0.4 is 15.4 Å². The Morgan fingerprint density at radius 3 is 2.14 bits per heavy atom. The number of urea groups is 1. The lowest BCUT2D eigenvalue weighted by atomic mass is 10.1. The van der Waals surface area contributed by atoms with Gasteiger partial charge in [0, 0.05) is 6.54 Å². The first-order chi connectivity index (χ1) is 13.7. The molecule has 1 saturated heterocycles. The molecule has 152 valence electrons. The van der Waals surface area contributed by atoms with Crippen molar-refractivity contribution in [3.8, 4) is 11.5 Å². The van der Waals surface area contributed by atoms with E-state index in [0.29, 0.717) is 5.75 Å². The fourth-order valence-electron chi connectivity index (χ4n) is 3.00. The number of benzene rings is 2. The third kappa shape index (κ3) is 4.56. The van der Waals surface area contributed by atoms with Gasteiger partial charge in [0.05, 0.1) is 0 Å². The van der Waals surface area contributed by atoms with Crippen LogP contribution in [0.3, 0.4) is 0 Å². The van der Waals surface area contributed by atoms with Crippen LogP contribution in [0.15, 0.2) is 48.5 Å². The Balaban J connectivity index is 1.55. The van der Waals surface area contributed by atoms with Gasteiger partial charge in [-0.25, -0.2) is 9.69 Å². The number of amides is 4. The average Bonchev–Trinajstić information content (AvgIpc) is 2.89. The summed E-state index contributed by atoms with van der Waals surface area (Å²) in [6.45, 7) is 7.05. The number of nitrogens with one attached hydrogen (secondary N) is 2. The van der Waals surface area contributed by atoms with Crippen molar-refractivity contribution < 1.29 is 19.1 Å². The van der Waals surface area contributed by atoms with Gasteiger partial charge in [0.25, 0.3) is 5.91 Å². The molecule has 1 fully saturated rings. The zero-order chi connectivity index (χ0) is 21.2. The van der Waals surface area contributed by atoms with Gasteiger partial charge in [-0.1, -0.05) is 29.8 Å². The summed E-state index contributed by atoms with van der Waals surface area (Å²) in [6.07, 6.45) is 0. The molecule has 0 bridgehead atoms. The third-order valence-corrected chi connectivity index (χ3v) is 4.81. The first-order valence-corrected chi connectivity index (χ1v) is 9.44. The van der Waals surface area contributed by atoms with Gasteiger partial charge < -0.3 is 15.4 Å². The van der Waals surface area contributed by atoms with Gasteiger partial charge in [-0.3, -0.25) is 9.59 Å². The summed E-state index contributed by atoms with van der Waals surface area (Å²) in [5.41, 5.74) is 1.03. The number of nitrogens with zero attached hydrogens (tertiary/aromatic N) is 1. The molecule has 0 saturated carbocycles. The minimum absolute atomic E-state index is 0.279. The Labute approximate surface area is 170 Å². The normalized spacial score (nSPS) is 16.3. The molecule has 0 spiro atoms. The number of hydrogen-bond donors (Lipinski definition) is 2. The first-order valence-electron chi connectivity index (χ1n) is 9.44. The van der Waals surface area contributed by atoms with E-state index in [0.717, 1.165) is 21.8 Å². The number of carbonyl (C=O) groups excluding carboxylic acids is 3. The molecule has 0 aliphatic carbocycles. The van der Waals surface area contributed by atoms with Crippen molar-refractivity contribution >= 4 is 17.8 Å². The highest BCUT2D eigenvalue weighted by Crippen LogP contribution is 2.22. The Kier molecular flexibility index (Phi) is 5.59. The van der Waals surface area contributed by atoms with Crippen molar-refractivity contribution in [2.75, 3.05) is 0 Å². The highest BCUT2D eigenvalue weighted by atomic mass is 16.5. The van der Waals surface area contributed by atoms with E-state index in [1.54, 1.807) is 13.8 Å². The van der Waals surface area contributed by atoms with Crippen LogP contribution in [-0.2, 0) is 16.1 Å². The summed E-state index contributed by atoms with van der Waals surface area (Å²) in [6, 6.07) is 13.7. The molecule has 2 aromatic rings. The van der Waals surface area contributed by atoms with Gasteiger partial charge in [0.2, 0.25) is 5.91 Å². The second-order valence-corrected chi connectivity index (χ2v) is 7.68. The van der Waals surface area contributed by atoms with E-state index in [4.69, 9.17) is 4.74 Å². The van der Waals surface area contributed by atoms with Crippen molar-refractivity contribution in [2.45, 2.75) is 45.8 Å². The molecule has 7 nitrogen and oxygen atoms in total. The van der Waals surface area contributed by atoms with Gasteiger partial charge in [0.1, 0.15) is 23.1 Å². The van der Waals surface area contributed by atoms with Crippen LogP contribution in [-0.4, -0.2) is 34.3 Å². The fraction of sp³-hybridized carbons (Fsp3) is 0.318. The summed E-state index contributed by atoms with van der Waals surface area (Å²) in [4.78, 5) is 37.7. The lowest BCUT2D eigenvalue weighted by molar-refractivity contribution is -0.137. The van der Waals surface area contributed by atoms with Crippen LogP contribution in [0.4, 0.5) is 4.79 Å². The number of rotatable bonds is 6. The van der Waals surface area contributed by atoms with Crippen LogP contribution in [0.5, 0.6) is 11.5 Å². The Morgan fingerprint density at radius 2 is 1.62 bits per heavy atom. The zero-order valence-corrected chi connectivity index (χ0v) is 17.0. The minimum atomic E-state index is -1.00. The Bertz CT molecular complexity index is 920. The van der Waals surface area contributed by atoms with Crippen LogP contribution in [0.1, 0.15) is 31.9 Å². The van der Waals surface area contributed by atoms with E-state index in [-0.39, 0.29) is 6.54 Å². The molecule has 0 aromatic heterocycles. The quantitative estimate of drug-likeness (QED) is 0.736. The van der Waals surface area contributed by atoms with Gasteiger partial charge >= 0.3 is 6.03 Å². The summed E-state index contributed by atoms with van der Waals surface area (Å²) in [5, 5.41) is 5.34. The van der Waals surface area contributed by atoms with Crippen molar-refractivity contribution in [2.24, 2.45) is 0 Å². The molecule has 0 radical (unpaired) electrons. The number of hydrogen-bond acceptors (Lipinski definition) is 4. The molecule has 2 aromatic carbocycles. The molecule has 2 N–H and O–H groups in total. The number of carbonyl (C=O) groups is 3. The van der Waals surface area contributed by atoms with Gasteiger partial charge in [-0.05, 0) is 57.5 Å². The van der Waals surface area contributed by atoms with Crippen LogP contribution in [0.2, 0.25) is 0 Å². The van der Waals surface area contributed by atoms with Gasteiger partial charge in [0.15, 0.2) is 0 Å². The molecule has 7 heteroatoms. The number of aryl methyl sites for hydroxylation is 1. The average molecular weight is 395 g/mol. The van der Waals surface area contributed by atoms with E-state index in [2.05, 4.69) is 10.6 Å². The number of imide groups is 1. The van der Waals surface area contributed by atoms with Crippen molar-refractivity contribution in [3.63, 3.8) is 0 Å². The lowest BCUT2D eigenvalue weighted by Gasteiger charge is -2.22. The van der Waals surface area contributed by atoms with Crippen molar-refractivity contribution in [1.29, 1.82) is 0 Å². The van der Waals surface area contributed by atoms with E-state index in [1.807, 2.05) is 55.5 Å². The second-order valence-electron chi connectivity index (χ2n) is 7.68. The lowest BCUT2D eigenvalue weighted by Crippen LogP contribution is -2.49. The maximum absolute atomic E-state index is 12.4. The van der Waals surface area contributed by atoms with Crippen LogP contribution in [0, 0.1) is 6.92 Å². The maximum Gasteiger partial charge on any atom is 0.325 e. The highest BCUT2D eigenvalue weighted by molar-refractivity contribution is 6.09. The smallest absolute Gasteiger partial charge is 0.325 e. The molecule has 1 aliphatic heterocycles. The molecule has 0 unspecified atom stereocenters. The molecule has 3 rings (SSSR count). The Hall–Kier alpha value is -3.35. The SMILES string of the molecule is Cc1ccc(Oc2ccc(CNC(=O)[C@@H](C)N3C(=O)NC(C)(C)C3=O)cc2)cc1. The summed E-state index contributed by atoms with van der Waals surface area (Å²) in [7, 11) is 0. The predicted octanol–water partition coefficient (Wildman–Crippen LogP) is 3.12. The van der Waals surface area contributed by atoms with E-state index >= 15 is 0 Å². The Morgan fingerprint density at radius 1 is 1.07 bits per heavy atom. The molecular weight excluding hydrogens is 370 g/mol. The molecule has 1 aliphatic rings. The minimum Gasteiger partial charge on any atom is -0.457 e. The molecule has 4 amide bonds. The number of ether oxygens (including phenoxy) is 1. The maximum atomic E-state index is 12.4. The topological polar surface area (TPSA) is 87.7 Å². The first kappa shape index (κ1) is 20.4. The van der Waals surface area contributed by atoms with E-state index in [9.17, 15) is 14.4 Å². The third-order valence-electron chi connectivity index (χ3n) is 4.81. The van der Waals surface area contributed by atoms with Gasteiger partial charge in [-0.2, -0.15) is 0 Å². The second kappa shape index (κ2) is 7.95. The fourth-order valence-corrected chi connectivity index (χ4v) is 3.00. The predicted molar refractivity (Wildman–Crippen MR) is 108 cm³/mol. The molecule has 1 atom stereocenters.